The van der Waals surface area contributed by atoms with Gasteiger partial charge in [0.2, 0.25) is 5.91 Å². The lowest BCUT2D eigenvalue weighted by Gasteiger charge is -2.19. The number of amides is 1. The summed E-state index contributed by atoms with van der Waals surface area (Å²) in [6.07, 6.45) is 1.71. The molecular weight excluding hydrogens is 246 g/mol. The number of aromatic nitrogens is 2. The van der Waals surface area contributed by atoms with Gasteiger partial charge in [0.05, 0.1) is 18.2 Å². The molecule has 0 fully saturated rings. The van der Waals surface area contributed by atoms with Crippen molar-refractivity contribution in [3.05, 3.63) is 17.5 Å². The van der Waals surface area contributed by atoms with E-state index in [1.54, 1.807) is 17.8 Å². The van der Waals surface area contributed by atoms with Crippen molar-refractivity contribution in [3.63, 3.8) is 0 Å². The Bertz CT molecular complexity index is 481. The molecule has 0 bridgehead atoms. The standard InChI is InChI=1S/C13H21N3O3/c1-7(8(2)13(18)19)12(17)15-9(3)11-6-14-16(5)10(11)4/h6-9H,1-5H3,(H,15,17)(H,18,19). The van der Waals surface area contributed by atoms with Crippen LogP contribution in [0.3, 0.4) is 0 Å². The number of rotatable bonds is 5. The minimum absolute atomic E-state index is 0.190. The molecule has 0 spiro atoms. The van der Waals surface area contributed by atoms with E-state index < -0.39 is 17.8 Å². The van der Waals surface area contributed by atoms with Crippen LogP contribution in [0.4, 0.5) is 0 Å². The second-order valence-electron chi connectivity index (χ2n) is 4.95. The summed E-state index contributed by atoms with van der Waals surface area (Å²) in [4.78, 5) is 22.9. The molecule has 0 saturated heterocycles. The van der Waals surface area contributed by atoms with Gasteiger partial charge >= 0.3 is 5.97 Å². The van der Waals surface area contributed by atoms with Crippen LogP contribution in [0.15, 0.2) is 6.20 Å². The molecule has 6 heteroatoms. The first kappa shape index (κ1) is 15.2. The van der Waals surface area contributed by atoms with Crippen LogP contribution in [0, 0.1) is 18.8 Å². The van der Waals surface area contributed by atoms with Crippen LogP contribution in [0.2, 0.25) is 0 Å². The van der Waals surface area contributed by atoms with E-state index in [0.717, 1.165) is 11.3 Å². The highest BCUT2D eigenvalue weighted by molar-refractivity contribution is 5.84. The van der Waals surface area contributed by atoms with Crippen molar-refractivity contribution in [2.45, 2.75) is 33.7 Å². The quantitative estimate of drug-likeness (QED) is 0.841. The number of hydrogen-bond donors (Lipinski definition) is 2. The molecule has 0 aromatic carbocycles. The lowest BCUT2D eigenvalue weighted by Crippen LogP contribution is -2.36. The fourth-order valence-corrected chi connectivity index (χ4v) is 1.80. The Labute approximate surface area is 112 Å². The van der Waals surface area contributed by atoms with Gasteiger partial charge in [-0.1, -0.05) is 13.8 Å². The predicted molar refractivity (Wildman–Crippen MR) is 70.5 cm³/mol. The van der Waals surface area contributed by atoms with Crippen molar-refractivity contribution in [2.24, 2.45) is 18.9 Å². The molecule has 0 aliphatic heterocycles. The number of nitrogens with zero attached hydrogens (tertiary/aromatic N) is 2. The number of nitrogens with one attached hydrogen (secondary N) is 1. The van der Waals surface area contributed by atoms with Gasteiger partial charge in [-0.2, -0.15) is 5.10 Å². The van der Waals surface area contributed by atoms with E-state index in [9.17, 15) is 9.59 Å². The first-order chi connectivity index (χ1) is 8.75. The Morgan fingerprint density at radius 1 is 1.32 bits per heavy atom. The summed E-state index contributed by atoms with van der Waals surface area (Å²) in [6, 6.07) is -0.190. The zero-order valence-corrected chi connectivity index (χ0v) is 12.0. The molecule has 19 heavy (non-hydrogen) atoms. The summed E-state index contributed by atoms with van der Waals surface area (Å²) in [5.74, 6) is -2.50. The molecule has 0 saturated carbocycles. The monoisotopic (exact) mass is 267 g/mol. The van der Waals surface area contributed by atoms with E-state index in [1.807, 2.05) is 20.9 Å². The van der Waals surface area contributed by atoms with E-state index in [0.29, 0.717) is 0 Å². The number of aryl methyl sites for hydroxylation is 1. The van der Waals surface area contributed by atoms with Crippen LogP contribution in [0.1, 0.15) is 38.1 Å². The number of carboxylic acid groups (broad SMARTS) is 1. The maximum atomic E-state index is 12.0. The van der Waals surface area contributed by atoms with Gasteiger partial charge in [-0.3, -0.25) is 14.3 Å². The summed E-state index contributed by atoms with van der Waals surface area (Å²) in [5, 5.41) is 15.9. The van der Waals surface area contributed by atoms with Gasteiger partial charge in [0.1, 0.15) is 0 Å². The SMILES string of the molecule is Cc1c(C(C)NC(=O)C(C)C(C)C(=O)O)cnn1C. The van der Waals surface area contributed by atoms with Gasteiger partial charge in [-0.25, -0.2) is 0 Å². The second kappa shape index (κ2) is 5.86. The molecule has 3 unspecified atom stereocenters. The lowest BCUT2D eigenvalue weighted by atomic mass is 9.95. The molecular formula is C13H21N3O3. The fourth-order valence-electron chi connectivity index (χ4n) is 1.80. The number of carbonyl (C=O) groups excluding carboxylic acids is 1. The largest absolute Gasteiger partial charge is 0.481 e. The van der Waals surface area contributed by atoms with Gasteiger partial charge in [-0.05, 0) is 13.8 Å². The maximum absolute atomic E-state index is 12.0. The average molecular weight is 267 g/mol. The van der Waals surface area contributed by atoms with Crippen molar-refractivity contribution in [2.75, 3.05) is 0 Å². The predicted octanol–water partition coefficient (Wildman–Crippen LogP) is 1.26. The number of aliphatic carboxylic acids is 1. The van der Waals surface area contributed by atoms with E-state index in [4.69, 9.17) is 5.11 Å². The van der Waals surface area contributed by atoms with E-state index >= 15 is 0 Å². The molecule has 3 atom stereocenters. The smallest absolute Gasteiger partial charge is 0.307 e. The first-order valence-corrected chi connectivity index (χ1v) is 6.27. The summed E-state index contributed by atoms with van der Waals surface area (Å²) >= 11 is 0. The molecule has 0 radical (unpaired) electrons. The van der Waals surface area contributed by atoms with Crippen molar-refractivity contribution >= 4 is 11.9 Å². The van der Waals surface area contributed by atoms with Crippen LogP contribution in [-0.4, -0.2) is 26.8 Å². The molecule has 1 rings (SSSR count). The molecule has 0 aliphatic carbocycles. The summed E-state index contributed by atoms with van der Waals surface area (Å²) in [6.45, 7) is 6.94. The topological polar surface area (TPSA) is 84.2 Å². The van der Waals surface area contributed by atoms with Crippen molar-refractivity contribution in [3.8, 4) is 0 Å². The number of carbonyl (C=O) groups is 2. The van der Waals surface area contributed by atoms with Crippen molar-refractivity contribution < 1.29 is 14.7 Å². The fraction of sp³-hybridized carbons (Fsp3) is 0.615. The highest BCUT2D eigenvalue weighted by atomic mass is 16.4. The number of hydrogen-bond acceptors (Lipinski definition) is 3. The van der Waals surface area contributed by atoms with Gasteiger partial charge in [-0.15, -0.1) is 0 Å². The highest BCUT2D eigenvalue weighted by Crippen LogP contribution is 2.18. The van der Waals surface area contributed by atoms with Crippen LogP contribution in [0.5, 0.6) is 0 Å². The molecule has 1 aromatic rings. The summed E-state index contributed by atoms with van der Waals surface area (Å²) in [5.41, 5.74) is 1.91. The highest BCUT2D eigenvalue weighted by Gasteiger charge is 2.27. The van der Waals surface area contributed by atoms with Crippen molar-refractivity contribution in [1.29, 1.82) is 0 Å². The molecule has 1 amide bonds. The van der Waals surface area contributed by atoms with Crippen LogP contribution < -0.4 is 5.32 Å². The zero-order chi connectivity index (χ0) is 14.7. The molecule has 1 heterocycles. The molecule has 1 aromatic heterocycles. The Morgan fingerprint density at radius 2 is 1.89 bits per heavy atom. The van der Waals surface area contributed by atoms with Gasteiger partial charge in [0.25, 0.3) is 0 Å². The van der Waals surface area contributed by atoms with E-state index in [-0.39, 0.29) is 11.9 Å². The first-order valence-electron chi connectivity index (χ1n) is 6.27. The maximum Gasteiger partial charge on any atom is 0.307 e. The second-order valence-corrected chi connectivity index (χ2v) is 4.95. The lowest BCUT2D eigenvalue weighted by molar-refractivity contribution is -0.146. The number of carboxylic acids is 1. The molecule has 0 aliphatic rings. The zero-order valence-electron chi connectivity index (χ0n) is 12.0. The third-order valence-electron chi connectivity index (χ3n) is 3.65. The molecule has 106 valence electrons. The van der Waals surface area contributed by atoms with Crippen molar-refractivity contribution in [1.82, 2.24) is 15.1 Å². The third kappa shape index (κ3) is 3.33. The minimum Gasteiger partial charge on any atom is -0.481 e. The minimum atomic E-state index is -0.965. The van der Waals surface area contributed by atoms with E-state index in [1.165, 1.54) is 6.92 Å². The Balaban J connectivity index is 2.72. The van der Waals surface area contributed by atoms with Crippen LogP contribution in [-0.2, 0) is 16.6 Å². The summed E-state index contributed by atoms with van der Waals surface area (Å²) < 4.78 is 1.74. The van der Waals surface area contributed by atoms with Gasteiger partial charge < -0.3 is 10.4 Å². The Kier molecular flexibility index (Phi) is 4.69. The Morgan fingerprint density at radius 3 is 2.32 bits per heavy atom. The van der Waals surface area contributed by atoms with Gasteiger partial charge in [0, 0.05) is 24.2 Å². The van der Waals surface area contributed by atoms with Gasteiger partial charge in [0.15, 0.2) is 0 Å². The Hall–Kier alpha value is -1.85. The summed E-state index contributed by atoms with van der Waals surface area (Å²) in [7, 11) is 1.84. The van der Waals surface area contributed by atoms with E-state index in [2.05, 4.69) is 10.4 Å². The average Bonchev–Trinajstić information content (AvgIpc) is 2.67. The third-order valence-corrected chi connectivity index (χ3v) is 3.65. The molecule has 2 N–H and O–H groups in total. The van der Waals surface area contributed by atoms with Crippen LogP contribution in [0.25, 0.3) is 0 Å². The normalized spacial score (nSPS) is 15.6. The molecule has 6 nitrogen and oxygen atoms in total. The van der Waals surface area contributed by atoms with Crippen LogP contribution >= 0.6 is 0 Å².